The number of methoxy groups -OCH3 is 1. The third kappa shape index (κ3) is 5.01. The lowest BCUT2D eigenvalue weighted by atomic mass is 10.0. The molecule has 0 bridgehead atoms. The van der Waals surface area contributed by atoms with Crippen LogP contribution in [0.4, 0.5) is 20.4 Å². The van der Waals surface area contributed by atoms with Crippen molar-refractivity contribution in [2.24, 2.45) is 0 Å². The molecule has 0 atom stereocenters. The number of hydrogen-bond donors (Lipinski definition) is 2. The number of aromatic nitrogens is 4. The summed E-state index contributed by atoms with van der Waals surface area (Å²) in [5.41, 5.74) is 2.40. The fourth-order valence-electron chi connectivity index (χ4n) is 2.73. The Morgan fingerprint density at radius 2 is 1.97 bits per heavy atom. The molecule has 0 unspecified atom stereocenters. The van der Waals surface area contributed by atoms with E-state index in [9.17, 15) is 13.6 Å². The molecule has 0 aliphatic heterocycles. The van der Waals surface area contributed by atoms with Gasteiger partial charge in [-0.25, -0.2) is 14.6 Å². The molecule has 11 heteroatoms. The van der Waals surface area contributed by atoms with E-state index in [1.807, 2.05) is 0 Å². The van der Waals surface area contributed by atoms with Crippen LogP contribution >= 0.6 is 11.6 Å². The van der Waals surface area contributed by atoms with Gasteiger partial charge >= 0.3 is 6.55 Å². The second-order valence-corrected chi connectivity index (χ2v) is 6.64. The minimum atomic E-state index is -2.71. The van der Waals surface area contributed by atoms with Crippen molar-refractivity contribution in [3.63, 3.8) is 0 Å². The first-order valence-electron chi connectivity index (χ1n) is 8.90. The van der Waals surface area contributed by atoms with Gasteiger partial charge in [-0.3, -0.25) is 4.79 Å². The van der Waals surface area contributed by atoms with Crippen molar-refractivity contribution in [3.8, 4) is 5.75 Å². The van der Waals surface area contributed by atoms with E-state index in [4.69, 9.17) is 16.3 Å². The summed E-state index contributed by atoms with van der Waals surface area (Å²) in [6, 6.07) is 3.31. The van der Waals surface area contributed by atoms with Crippen LogP contribution in [0, 0.1) is 0 Å². The van der Waals surface area contributed by atoms with Gasteiger partial charge in [0.25, 0.3) is 5.91 Å². The van der Waals surface area contributed by atoms with E-state index in [0.29, 0.717) is 39.5 Å². The Morgan fingerprint density at radius 1 is 1.23 bits per heavy atom. The van der Waals surface area contributed by atoms with Crippen LogP contribution in [-0.2, 0) is 12.8 Å². The second kappa shape index (κ2) is 9.49. The van der Waals surface area contributed by atoms with Gasteiger partial charge in [0, 0.05) is 25.0 Å². The van der Waals surface area contributed by atoms with Crippen LogP contribution in [-0.4, -0.2) is 39.8 Å². The lowest BCUT2D eigenvalue weighted by Crippen LogP contribution is -2.18. The topological polar surface area (TPSA) is 94.0 Å². The number of hydrogen-bond acceptors (Lipinski definition) is 6. The van der Waals surface area contributed by atoms with Crippen LogP contribution in [0.1, 0.15) is 28.0 Å². The van der Waals surface area contributed by atoms with Gasteiger partial charge in [0.15, 0.2) is 0 Å². The first kappa shape index (κ1) is 21.4. The number of aryl methyl sites for hydroxylation is 2. The molecule has 0 spiro atoms. The Bertz CT molecular complexity index is 1030. The van der Waals surface area contributed by atoms with E-state index in [0.717, 1.165) is 17.3 Å². The Kier molecular flexibility index (Phi) is 6.78. The van der Waals surface area contributed by atoms with Crippen molar-refractivity contribution in [2.75, 3.05) is 19.5 Å². The van der Waals surface area contributed by atoms with Crippen molar-refractivity contribution in [1.29, 1.82) is 0 Å². The predicted octanol–water partition coefficient (Wildman–Crippen LogP) is 3.62. The number of nitrogens with one attached hydrogen (secondary N) is 2. The molecule has 3 aromatic rings. The highest BCUT2D eigenvalue weighted by atomic mass is 35.5. The molecule has 2 heterocycles. The van der Waals surface area contributed by atoms with Crippen molar-refractivity contribution < 1.29 is 18.3 Å². The van der Waals surface area contributed by atoms with Crippen LogP contribution < -0.4 is 15.4 Å². The molecule has 1 aromatic carbocycles. The van der Waals surface area contributed by atoms with E-state index < -0.39 is 6.55 Å². The first-order valence-corrected chi connectivity index (χ1v) is 9.27. The van der Waals surface area contributed by atoms with E-state index in [-0.39, 0.29) is 11.9 Å². The number of halogens is 3. The van der Waals surface area contributed by atoms with Crippen LogP contribution in [0.15, 0.2) is 36.9 Å². The molecule has 0 saturated heterocycles. The number of rotatable bonds is 8. The maximum absolute atomic E-state index is 12.6. The van der Waals surface area contributed by atoms with Crippen molar-refractivity contribution in [3.05, 3.63) is 58.6 Å². The average molecular weight is 437 g/mol. The van der Waals surface area contributed by atoms with Gasteiger partial charge in [-0.1, -0.05) is 11.6 Å². The summed E-state index contributed by atoms with van der Waals surface area (Å²) in [6.45, 7) is -2.71. The summed E-state index contributed by atoms with van der Waals surface area (Å²) < 4.78 is 30.9. The summed E-state index contributed by atoms with van der Waals surface area (Å²) in [6.07, 6.45) is 6.79. The van der Waals surface area contributed by atoms with Crippen LogP contribution in [0.25, 0.3) is 0 Å². The van der Waals surface area contributed by atoms with Gasteiger partial charge in [-0.15, -0.1) is 0 Å². The standard InChI is InChI=1S/C19H19ClF2N6O2/c1-23-17(29)13-5-12(16(20)15(6-13)30-2)4-3-11-7-24-19(25-8-11)27-14-9-26-28(10-14)18(21)22/h5-10,18H,3-4H2,1-2H3,(H,23,29)(H,24,25,27). The number of nitrogens with zero attached hydrogens (tertiary/aromatic N) is 4. The fraction of sp³-hybridized carbons (Fsp3) is 0.263. The molecule has 0 aliphatic rings. The summed E-state index contributed by atoms with van der Waals surface area (Å²) >= 11 is 6.38. The summed E-state index contributed by atoms with van der Waals surface area (Å²) in [5.74, 6) is 0.446. The molecule has 0 aliphatic carbocycles. The highest BCUT2D eigenvalue weighted by Crippen LogP contribution is 2.31. The molecular formula is C19H19ClF2N6O2. The van der Waals surface area contributed by atoms with Crippen molar-refractivity contribution >= 4 is 29.1 Å². The number of carbonyl (C=O) groups excluding carboxylic acids is 1. The fourth-order valence-corrected chi connectivity index (χ4v) is 3.01. The molecule has 2 N–H and O–H groups in total. The van der Waals surface area contributed by atoms with E-state index in [2.05, 4.69) is 25.7 Å². The van der Waals surface area contributed by atoms with Gasteiger partial charge in [-0.2, -0.15) is 13.9 Å². The molecule has 3 rings (SSSR count). The molecule has 30 heavy (non-hydrogen) atoms. The highest BCUT2D eigenvalue weighted by molar-refractivity contribution is 6.33. The highest BCUT2D eigenvalue weighted by Gasteiger charge is 2.14. The van der Waals surface area contributed by atoms with Gasteiger partial charge in [-0.05, 0) is 36.1 Å². The molecule has 0 radical (unpaired) electrons. The number of amides is 1. The maximum atomic E-state index is 12.6. The minimum Gasteiger partial charge on any atom is -0.495 e. The van der Waals surface area contributed by atoms with E-state index in [1.165, 1.54) is 13.3 Å². The number of alkyl halides is 2. The Morgan fingerprint density at radius 3 is 2.57 bits per heavy atom. The third-order valence-corrected chi connectivity index (χ3v) is 4.70. The molecule has 0 saturated carbocycles. The van der Waals surface area contributed by atoms with Gasteiger partial charge in [0.1, 0.15) is 5.75 Å². The Hall–Kier alpha value is -3.27. The summed E-state index contributed by atoms with van der Waals surface area (Å²) in [4.78, 5) is 20.3. The number of benzene rings is 1. The summed E-state index contributed by atoms with van der Waals surface area (Å²) in [5, 5.41) is 9.37. The monoisotopic (exact) mass is 436 g/mol. The van der Waals surface area contributed by atoms with Crippen LogP contribution in [0.3, 0.4) is 0 Å². The zero-order valence-electron chi connectivity index (χ0n) is 16.2. The van der Waals surface area contributed by atoms with Gasteiger partial charge in [0.05, 0.1) is 30.2 Å². The van der Waals surface area contributed by atoms with E-state index >= 15 is 0 Å². The minimum absolute atomic E-state index is 0.236. The zero-order valence-corrected chi connectivity index (χ0v) is 17.0. The number of anilines is 2. The average Bonchev–Trinajstić information content (AvgIpc) is 3.22. The largest absolute Gasteiger partial charge is 0.495 e. The third-order valence-electron chi connectivity index (χ3n) is 4.27. The lowest BCUT2D eigenvalue weighted by Gasteiger charge is -2.12. The molecule has 8 nitrogen and oxygen atoms in total. The first-order chi connectivity index (χ1) is 14.4. The van der Waals surface area contributed by atoms with Crippen molar-refractivity contribution in [2.45, 2.75) is 19.4 Å². The quantitative estimate of drug-likeness (QED) is 0.560. The molecule has 0 fully saturated rings. The number of ether oxygens (including phenoxy) is 1. The predicted molar refractivity (Wildman–Crippen MR) is 108 cm³/mol. The SMILES string of the molecule is CNC(=O)c1cc(CCc2cnc(Nc3cnn(C(F)F)c3)nc2)c(Cl)c(OC)c1. The van der Waals surface area contributed by atoms with Crippen LogP contribution in [0.2, 0.25) is 5.02 Å². The Labute approximate surface area is 176 Å². The number of carbonyl (C=O) groups is 1. The molecule has 1 amide bonds. The maximum Gasteiger partial charge on any atom is 0.333 e. The molecule has 2 aromatic heterocycles. The molecule has 158 valence electrons. The zero-order chi connectivity index (χ0) is 21.7. The normalized spacial score (nSPS) is 10.9. The van der Waals surface area contributed by atoms with Gasteiger partial charge in [0.2, 0.25) is 5.95 Å². The second-order valence-electron chi connectivity index (χ2n) is 6.26. The van der Waals surface area contributed by atoms with Crippen LogP contribution in [0.5, 0.6) is 5.75 Å². The Balaban J connectivity index is 1.68. The molecular weight excluding hydrogens is 418 g/mol. The summed E-state index contributed by atoms with van der Waals surface area (Å²) in [7, 11) is 3.04. The smallest absolute Gasteiger partial charge is 0.333 e. The van der Waals surface area contributed by atoms with Crippen molar-refractivity contribution in [1.82, 2.24) is 25.1 Å². The lowest BCUT2D eigenvalue weighted by molar-refractivity contribution is 0.0566. The van der Waals surface area contributed by atoms with E-state index in [1.54, 1.807) is 31.6 Å². The van der Waals surface area contributed by atoms with Gasteiger partial charge < -0.3 is 15.4 Å².